The number of hydrogen-bond acceptors (Lipinski definition) is 7. The van der Waals surface area contributed by atoms with Gasteiger partial charge in [0.15, 0.2) is 6.61 Å². The van der Waals surface area contributed by atoms with E-state index in [-0.39, 0.29) is 17.2 Å². The van der Waals surface area contributed by atoms with Gasteiger partial charge in [-0.15, -0.1) is 11.3 Å². The van der Waals surface area contributed by atoms with Crippen molar-refractivity contribution in [1.82, 2.24) is 9.55 Å². The van der Waals surface area contributed by atoms with E-state index in [0.29, 0.717) is 16.5 Å². The maximum absolute atomic E-state index is 13.3. The molecule has 0 radical (unpaired) electrons. The maximum atomic E-state index is 13.3. The van der Waals surface area contributed by atoms with Gasteiger partial charge in [-0.25, -0.2) is 14.0 Å². The molecule has 1 aromatic carbocycles. The van der Waals surface area contributed by atoms with E-state index in [1.165, 1.54) is 24.3 Å². The van der Waals surface area contributed by atoms with Gasteiger partial charge in [-0.1, -0.05) is 6.92 Å². The van der Waals surface area contributed by atoms with Gasteiger partial charge in [0.2, 0.25) is 5.78 Å². The van der Waals surface area contributed by atoms with Gasteiger partial charge in [0.1, 0.15) is 22.1 Å². The second-order valence-electron chi connectivity index (χ2n) is 5.96. The number of nitrogens with two attached hydrogens (primary N) is 1. The summed E-state index contributed by atoms with van der Waals surface area (Å²) in [5.41, 5.74) is 3.72. The number of nitrogen functional groups attached to an aromatic ring is 1. The first-order chi connectivity index (χ1) is 13.3. The SMILES string of the molecule is CCCn1c(N)c(C(=O)COC(=O)c2cc3cc(F)ccc3s2)c(=O)[nH]c1=O. The summed E-state index contributed by atoms with van der Waals surface area (Å²) < 4.78 is 20.0. The third kappa shape index (κ3) is 3.72. The molecule has 10 heteroatoms. The number of H-pyrrole nitrogens is 1. The van der Waals surface area contributed by atoms with Crippen LogP contribution in [0.15, 0.2) is 33.9 Å². The third-order valence-electron chi connectivity index (χ3n) is 3.98. The fourth-order valence-corrected chi connectivity index (χ4v) is 3.63. The van der Waals surface area contributed by atoms with E-state index in [4.69, 9.17) is 10.5 Å². The average molecular weight is 405 g/mol. The number of nitrogens with zero attached hydrogens (tertiary/aromatic N) is 1. The molecule has 3 aromatic rings. The van der Waals surface area contributed by atoms with Crippen LogP contribution in [0, 0.1) is 5.82 Å². The van der Waals surface area contributed by atoms with Crippen molar-refractivity contribution >= 4 is 39.0 Å². The molecule has 0 atom stereocenters. The molecule has 0 amide bonds. The van der Waals surface area contributed by atoms with E-state index < -0.39 is 41.0 Å². The predicted octanol–water partition coefficient (Wildman–Crippen LogP) is 1.92. The number of carbonyl (C=O) groups excluding carboxylic acids is 2. The normalized spacial score (nSPS) is 10.9. The van der Waals surface area contributed by atoms with E-state index in [1.807, 2.05) is 4.98 Å². The summed E-state index contributed by atoms with van der Waals surface area (Å²) in [7, 11) is 0. The molecular weight excluding hydrogens is 389 g/mol. The lowest BCUT2D eigenvalue weighted by Gasteiger charge is -2.11. The van der Waals surface area contributed by atoms with Gasteiger partial charge < -0.3 is 10.5 Å². The molecule has 0 fully saturated rings. The first-order valence-electron chi connectivity index (χ1n) is 8.33. The van der Waals surface area contributed by atoms with Gasteiger partial charge in [0, 0.05) is 11.2 Å². The number of thiophene rings is 1. The van der Waals surface area contributed by atoms with Gasteiger partial charge in [0.25, 0.3) is 5.56 Å². The van der Waals surface area contributed by atoms with Crippen molar-refractivity contribution in [2.45, 2.75) is 19.9 Å². The number of benzene rings is 1. The minimum Gasteiger partial charge on any atom is -0.453 e. The number of Topliss-reactive ketones (excluding diaryl/α,β-unsaturated/α-hetero) is 1. The number of anilines is 1. The van der Waals surface area contributed by atoms with Gasteiger partial charge in [-0.05, 0) is 36.1 Å². The largest absolute Gasteiger partial charge is 0.453 e. The maximum Gasteiger partial charge on any atom is 0.348 e. The Morgan fingerprint density at radius 1 is 1.29 bits per heavy atom. The minimum atomic E-state index is -0.937. The van der Waals surface area contributed by atoms with Crippen LogP contribution in [0.2, 0.25) is 0 Å². The monoisotopic (exact) mass is 405 g/mol. The average Bonchev–Trinajstić information content (AvgIpc) is 3.06. The van der Waals surface area contributed by atoms with Crippen LogP contribution in [0.5, 0.6) is 0 Å². The lowest BCUT2D eigenvalue weighted by Crippen LogP contribution is -2.37. The van der Waals surface area contributed by atoms with Crippen molar-refractivity contribution in [1.29, 1.82) is 0 Å². The number of aromatic amines is 1. The quantitative estimate of drug-likeness (QED) is 0.477. The molecule has 0 aliphatic heterocycles. The van der Waals surface area contributed by atoms with Gasteiger partial charge in [0.05, 0.1) is 0 Å². The first-order valence-corrected chi connectivity index (χ1v) is 9.15. The van der Waals surface area contributed by atoms with Gasteiger partial charge in [-0.2, -0.15) is 0 Å². The molecule has 2 aromatic heterocycles. The van der Waals surface area contributed by atoms with Crippen LogP contribution in [0.1, 0.15) is 33.4 Å². The smallest absolute Gasteiger partial charge is 0.348 e. The summed E-state index contributed by atoms with van der Waals surface area (Å²) in [6.07, 6.45) is 0.561. The molecule has 0 bridgehead atoms. The summed E-state index contributed by atoms with van der Waals surface area (Å²) in [6, 6.07) is 5.55. The Bertz CT molecular complexity index is 1190. The summed E-state index contributed by atoms with van der Waals surface area (Å²) >= 11 is 1.09. The Labute approximate surface area is 161 Å². The van der Waals surface area contributed by atoms with Crippen molar-refractivity contribution in [3.8, 4) is 0 Å². The van der Waals surface area contributed by atoms with Crippen LogP contribution in [0.25, 0.3) is 10.1 Å². The number of ketones is 1. The zero-order valence-corrected chi connectivity index (χ0v) is 15.6. The molecule has 2 heterocycles. The molecule has 0 aliphatic carbocycles. The number of fused-ring (bicyclic) bond motifs is 1. The van der Waals surface area contributed by atoms with Gasteiger partial charge in [-0.3, -0.25) is 19.1 Å². The molecule has 0 spiro atoms. The second kappa shape index (κ2) is 7.77. The second-order valence-corrected chi connectivity index (χ2v) is 7.05. The Hall–Kier alpha value is -3.27. The highest BCUT2D eigenvalue weighted by molar-refractivity contribution is 7.20. The number of esters is 1. The molecule has 0 aliphatic rings. The molecule has 0 unspecified atom stereocenters. The number of halogens is 1. The summed E-state index contributed by atoms with van der Waals surface area (Å²) in [5, 5.41) is 0.538. The Balaban J connectivity index is 1.79. The van der Waals surface area contributed by atoms with Crippen molar-refractivity contribution in [3.05, 3.63) is 61.4 Å². The van der Waals surface area contributed by atoms with Crippen molar-refractivity contribution in [2.24, 2.45) is 0 Å². The van der Waals surface area contributed by atoms with E-state index in [0.717, 1.165) is 15.9 Å². The standard InChI is InChI=1S/C18H16FN3O5S/c1-2-5-22-15(20)14(16(24)21-18(22)26)11(23)8-27-17(25)13-7-9-6-10(19)3-4-12(9)28-13/h3-4,6-7H,2,5,8,20H2,1H3,(H,21,24,26). The fraction of sp³-hybridized carbons (Fsp3) is 0.222. The lowest BCUT2D eigenvalue weighted by molar-refractivity contribution is 0.0479. The van der Waals surface area contributed by atoms with E-state index >= 15 is 0 Å². The van der Waals surface area contributed by atoms with E-state index in [9.17, 15) is 23.6 Å². The lowest BCUT2D eigenvalue weighted by atomic mass is 10.2. The highest BCUT2D eigenvalue weighted by Gasteiger charge is 2.21. The number of nitrogens with one attached hydrogen (secondary N) is 1. The minimum absolute atomic E-state index is 0.186. The Morgan fingerprint density at radius 3 is 2.75 bits per heavy atom. The molecule has 3 rings (SSSR count). The molecule has 28 heavy (non-hydrogen) atoms. The molecule has 3 N–H and O–H groups in total. The number of rotatable bonds is 6. The summed E-state index contributed by atoms with van der Waals surface area (Å²) in [4.78, 5) is 50.6. The summed E-state index contributed by atoms with van der Waals surface area (Å²) in [6.45, 7) is 1.30. The van der Waals surface area contributed by atoms with Crippen LogP contribution >= 0.6 is 11.3 Å². The number of ether oxygens (including phenoxy) is 1. The predicted molar refractivity (Wildman–Crippen MR) is 102 cm³/mol. The molecular formula is C18H16FN3O5S. The molecule has 0 saturated heterocycles. The first kappa shape index (κ1) is 19.5. The number of carbonyl (C=O) groups is 2. The van der Waals surface area contributed by atoms with Gasteiger partial charge >= 0.3 is 11.7 Å². The third-order valence-corrected chi connectivity index (χ3v) is 5.08. The molecule has 0 saturated carbocycles. The van der Waals surface area contributed by atoms with Crippen LogP contribution in [0.4, 0.5) is 10.2 Å². The molecule has 8 nitrogen and oxygen atoms in total. The highest BCUT2D eigenvalue weighted by atomic mass is 32.1. The van der Waals surface area contributed by atoms with Crippen molar-refractivity contribution in [2.75, 3.05) is 12.3 Å². The van der Waals surface area contributed by atoms with Crippen LogP contribution in [-0.2, 0) is 11.3 Å². The number of hydrogen-bond donors (Lipinski definition) is 2. The summed E-state index contributed by atoms with van der Waals surface area (Å²) in [5.74, 6) is -2.32. The van der Waals surface area contributed by atoms with E-state index in [1.54, 1.807) is 6.92 Å². The zero-order valence-electron chi connectivity index (χ0n) is 14.8. The van der Waals surface area contributed by atoms with Crippen molar-refractivity contribution in [3.63, 3.8) is 0 Å². The zero-order chi connectivity index (χ0) is 20.4. The molecule has 146 valence electrons. The van der Waals surface area contributed by atoms with Crippen LogP contribution < -0.4 is 17.0 Å². The fourth-order valence-electron chi connectivity index (χ4n) is 2.69. The Kier molecular flexibility index (Phi) is 5.41. The topological polar surface area (TPSA) is 124 Å². The van der Waals surface area contributed by atoms with E-state index in [2.05, 4.69) is 0 Å². The van der Waals surface area contributed by atoms with Crippen molar-refractivity contribution < 1.29 is 18.7 Å². The Morgan fingerprint density at radius 2 is 2.04 bits per heavy atom. The van der Waals surface area contributed by atoms with Crippen LogP contribution in [0.3, 0.4) is 0 Å². The highest BCUT2D eigenvalue weighted by Crippen LogP contribution is 2.26. The van der Waals surface area contributed by atoms with Crippen LogP contribution in [-0.4, -0.2) is 27.9 Å². The number of aromatic nitrogens is 2.